The van der Waals surface area contributed by atoms with Crippen molar-refractivity contribution in [2.75, 3.05) is 24.3 Å². The number of anilines is 3. The number of nitrogen functional groups attached to an aromatic ring is 1. The van der Waals surface area contributed by atoms with E-state index in [1.807, 2.05) is 0 Å². The highest BCUT2D eigenvalue weighted by molar-refractivity contribution is 6.30. The lowest BCUT2D eigenvalue weighted by Crippen LogP contribution is -2.16. The van der Waals surface area contributed by atoms with Crippen LogP contribution in [0, 0.1) is 0 Å². The first-order valence-electron chi connectivity index (χ1n) is 10.1. The lowest BCUT2D eigenvalue weighted by atomic mass is 10.1. The van der Waals surface area contributed by atoms with Gasteiger partial charge in [0.25, 0.3) is 0 Å². The first kappa shape index (κ1) is 22.3. The number of ketones is 1. The largest absolute Gasteiger partial charge is 0.486 e. The number of carbonyl (C=O) groups is 2. The molecule has 1 aliphatic heterocycles. The lowest BCUT2D eigenvalue weighted by molar-refractivity contribution is -0.145. The van der Waals surface area contributed by atoms with Gasteiger partial charge in [0.1, 0.15) is 13.2 Å². The molecule has 170 valence electrons. The Bertz CT molecular complexity index is 1170. The minimum atomic E-state index is -0.563. The number of carbonyl (C=O) groups excluding carboxylic acids is 2. The van der Waals surface area contributed by atoms with Crippen LogP contribution in [0.2, 0.25) is 5.02 Å². The van der Waals surface area contributed by atoms with Gasteiger partial charge in [-0.05, 0) is 42.5 Å². The number of halogens is 1. The molecule has 0 saturated heterocycles. The monoisotopic (exact) mass is 469 g/mol. The zero-order valence-electron chi connectivity index (χ0n) is 17.4. The Balaban J connectivity index is 1.29. The molecule has 0 spiro atoms. The molecule has 0 bridgehead atoms. The second-order valence-electron chi connectivity index (χ2n) is 7.01. The predicted molar refractivity (Wildman–Crippen MR) is 120 cm³/mol. The predicted octanol–water partition coefficient (Wildman–Crippen LogP) is 3.33. The van der Waals surface area contributed by atoms with Crippen molar-refractivity contribution in [1.82, 2.24) is 15.0 Å². The molecule has 33 heavy (non-hydrogen) atoms. The van der Waals surface area contributed by atoms with Gasteiger partial charge >= 0.3 is 5.97 Å². The van der Waals surface area contributed by atoms with Gasteiger partial charge in [-0.25, -0.2) is 0 Å². The molecule has 11 heteroatoms. The zero-order chi connectivity index (χ0) is 23.2. The molecule has 1 aliphatic rings. The summed E-state index contributed by atoms with van der Waals surface area (Å²) in [6.45, 7) is 0.687. The summed E-state index contributed by atoms with van der Waals surface area (Å²) in [4.78, 5) is 36.7. The molecule has 4 rings (SSSR count). The van der Waals surface area contributed by atoms with E-state index in [1.165, 1.54) is 0 Å². The van der Waals surface area contributed by atoms with E-state index >= 15 is 0 Å². The molecule has 0 amide bonds. The second-order valence-corrected chi connectivity index (χ2v) is 7.44. The molecule has 3 aromatic rings. The minimum absolute atomic E-state index is 0.0127. The first-order chi connectivity index (χ1) is 16.0. The van der Waals surface area contributed by atoms with Crippen molar-refractivity contribution < 1.29 is 23.8 Å². The number of fused-ring (bicyclic) bond motifs is 1. The molecule has 1 aromatic heterocycles. The summed E-state index contributed by atoms with van der Waals surface area (Å²) in [7, 11) is 0. The Morgan fingerprint density at radius 3 is 2.55 bits per heavy atom. The fourth-order valence-corrected chi connectivity index (χ4v) is 3.14. The molecule has 0 aliphatic carbocycles. The topological polar surface area (TPSA) is 139 Å². The van der Waals surface area contributed by atoms with Crippen molar-refractivity contribution in [3.63, 3.8) is 0 Å². The van der Waals surface area contributed by atoms with Crippen LogP contribution in [0.1, 0.15) is 29.0 Å². The molecule has 2 heterocycles. The molecule has 0 saturated carbocycles. The van der Waals surface area contributed by atoms with Crippen molar-refractivity contribution >= 4 is 40.9 Å². The van der Waals surface area contributed by atoms with E-state index < -0.39 is 5.97 Å². The van der Waals surface area contributed by atoms with Crippen LogP contribution in [-0.2, 0) is 16.1 Å². The summed E-state index contributed by atoms with van der Waals surface area (Å²) in [5.41, 5.74) is 6.87. The molecule has 2 aromatic carbocycles. The average molecular weight is 470 g/mol. The Kier molecular flexibility index (Phi) is 6.84. The fourth-order valence-electron chi connectivity index (χ4n) is 3.01. The molecule has 0 atom stereocenters. The van der Waals surface area contributed by atoms with Crippen LogP contribution in [0.5, 0.6) is 11.5 Å². The second kappa shape index (κ2) is 10.1. The van der Waals surface area contributed by atoms with E-state index in [2.05, 4.69) is 20.3 Å². The summed E-state index contributed by atoms with van der Waals surface area (Å²) in [6, 6.07) is 11.9. The number of nitrogens with two attached hydrogens (primary N) is 1. The lowest BCUT2D eigenvalue weighted by Gasteiger charge is -2.18. The van der Waals surface area contributed by atoms with Crippen molar-refractivity contribution in [3.05, 3.63) is 58.9 Å². The Morgan fingerprint density at radius 2 is 1.76 bits per heavy atom. The highest BCUT2D eigenvalue weighted by atomic mass is 35.5. The van der Waals surface area contributed by atoms with Gasteiger partial charge in [0.15, 0.2) is 29.7 Å². The van der Waals surface area contributed by atoms with Crippen LogP contribution in [0.15, 0.2) is 42.5 Å². The maximum Gasteiger partial charge on any atom is 0.306 e. The van der Waals surface area contributed by atoms with Crippen molar-refractivity contribution in [1.29, 1.82) is 0 Å². The van der Waals surface area contributed by atoms with Crippen LogP contribution in [0.25, 0.3) is 0 Å². The van der Waals surface area contributed by atoms with Crippen LogP contribution in [-0.4, -0.2) is 39.9 Å². The van der Waals surface area contributed by atoms with Crippen LogP contribution >= 0.6 is 11.6 Å². The number of rotatable bonds is 8. The van der Waals surface area contributed by atoms with E-state index in [-0.39, 0.29) is 43.0 Å². The smallest absolute Gasteiger partial charge is 0.306 e. The Morgan fingerprint density at radius 1 is 1.00 bits per heavy atom. The van der Waals surface area contributed by atoms with Gasteiger partial charge in [0.05, 0.1) is 6.42 Å². The number of hydrogen-bond donors (Lipinski definition) is 2. The molecular weight excluding hydrogens is 450 g/mol. The average Bonchev–Trinajstić information content (AvgIpc) is 2.82. The number of hydrogen-bond acceptors (Lipinski definition) is 10. The molecule has 0 radical (unpaired) electrons. The van der Waals surface area contributed by atoms with E-state index in [0.717, 1.165) is 0 Å². The Labute approximate surface area is 194 Å². The summed E-state index contributed by atoms with van der Waals surface area (Å²) < 4.78 is 16.1. The fraction of sp³-hybridized carbons (Fsp3) is 0.227. The van der Waals surface area contributed by atoms with Gasteiger partial charge < -0.3 is 25.3 Å². The Hall–Kier alpha value is -3.92. The van der Waals surface area contributed by atoms with Gasteiger partial charge in [-0.1, -0.05) is 11.6 Å². The molecule has 0 fully saturated rings. The summed E-state index contributed by atoms with van der Waals surface area (Å²) in [5, 5.41) is 3.57. The van der Waals surface area contributed by atoms with Gasteiger partial charge in [-0.2, -0.15) is 15.0 Å². The van der Waals surface area contributed by atoms with E-state index in [9.17, 15) is 9.59 Å². The minimum Gasteiger partial charge on any atom is -0.486 e. The third-order valence-electron chi connectivity index (χ3n) is 4.58. The molecule has 10 nitrogen and oxygen atoms in total. The highest BCUT2D eigenvalue weighted by Crippen LogP contribution is 2.31. The molecule has 3 N–H and O–H groups in total. The summed E-state index contributed by atoms with van der Waals surface area (Å²) >= 11 is 5.88. The normalized spacial score (nSPS) is 12.2. The van der Waals surface area contributed by atoms with Crippen LogP contribution < -0.4 is 20.5 Å². The third-order valence-corrected chi connectivity index (χ3v) is 4.83. The third kappa shape index (κ3) is 6.07. The number of benzene rings is 2. The first-order valence-corrected chi connectivity index (χ1v) is 10.5. The standard InChI is InChI=1S/C22H20ClN5O5/c23-14-2-4-15(5-3-14)25-22-27-19(26-21(24)28-22)12-33-20(30)8-6-16(29)13-1-7-17-18(11-13)32-10-9-31-17/h1-5,7,11H,6,8-10,12H2,(H3,24,25,26,27,28). The van der Waals surface area contributed by atoms with Crippen molar-refractivity contribution in [3.8, 4) is 11.5 Å². The number of esters is 1. The number of Topliss-reactive ketones (excluding diaryl/α,β-unsaturated/α-hetero) is 1. The number of nitrogens with zero attached hydrogens (tertiary/aromatic N) is 3. The van der Waals surface area contributed by atoms with Crippen LogP contribution in [0.3, 0.4) is 0 Å². The van der Waals surface area contributed by atoms with E-state index in [0.29, 0.717) is 41.0 Å². The van der Waals surface area contributed by atoms with Gasteiger partial charge in [-0.3, -0.25) is 9.59 Å². The van der Waals surface area contributed by atoms with Crippen molar-refractivity contribution in [2.24, 2.45) is 0 Å². The number of nitrogens with one attached hydrogen (secondary N) is 1. The zero-order valence-corrected chi connectivity index (χ0v) is 18.2. The number of ether oxygens (including phenoxy) is 3. The van der Waals surface area contributed by atoms with E-state index in [4.69, 9.17) is 31.5 Å². The maximum absolute atomic E-state index is 12.4. The molecule has 0 unspecified atom stereocenters. The van der Waals surface area contributed by atoms with Gasteiger partial charge in [0.2, 0.25) is 11.9 Å². The SMILES string of the molecule is Nc1nc(COC(=O)CCC(=O)c2ccc3c(c2)OCCO3)nc(Nc2ccc(Cl)cc2)n1. The van der Waals surface area contributed by atoms with E-state index in [1.54, 1.807) is 42.5 Å². The maximum atomic E-state index is 12.4. The number of aromatic nitrogens is 3. The highest BCUT2D eigenvalue weighted by Gasteiger charge is 2.16. The van der Waals surface area contributed by atoms with Gasteiger partial charge in [0, 0.05) is 22.7 Å². The van der Waals surface area contributed by atoms with Crippen molar-refractivity contribution in [2.45, 2.75) is 19.4 Å². The summed E-state index contributed by atoms with van der Waals surface area (Å²) in [6.07, 6.45) is -0.106. The quantitative estimate of drug-likeness (QED) is 0.373. The summed E-state index contributed by atoms with van der Waals surface area (Å²) in [5.74, 6) is 0.690. The molecular formula is C22H20ClN5O5. The van der Waals surface area contributed by atoms with Crippen LogP contribution in [0.4, 0.5) is 17.6 Å². The van der Waals surface area contributed by atoms with Gasteiger partial charge in [-0.15, -0.1) is 0 Å².